The lowest BCUT2D eigenvalue weighted by atomic mass is 9.98. The van der Waals surface area contributed by atoms with Gasteiger partial charge >= 0.3 is 0 Å². The van der Waals surface area contributed by atoms with Gasteiger partial charge in [0.1, 0.15) is 11.5 Å². The number of amides is 1. The molecule has 32 heavy (non-hydrogen) atoms. The van der Waals surface area contributed by atoms with Crippen LogP contribution in [0.3, 0.4) is 0 Å². The highest BCUT2D eigenvalue weighted by Crippen LogP contribution is 2.26. The van der Waals surface area contributed by atoms with Crippen molar-refractivity contribution in [3.63, 3.8) is 0 Å². The van der Waals surface area contributed by atoms with E-state index in [-0.39, 0.29) is 5.56 Å². The van der Waals surface area contributed by atoms with Crippen molar-refractivity contribution in [3.05, 3.63) is 88.5 Å². The number of aryl methyl sites for hydroxylation is 2. The predicted molar refractivity (Wildman–Crippen MR) is 123 cm³/mol. The van der Waals surface area contributed by atoms with Crippen LogP contribution >= 0.6 is 0 Å². The average molecular weight is 429 g/mol. The number of nitrogens with zero attached hydrogens (tertiary/aromatic N) is 2. The molecule has 0 fully saturated rings. The minimum Gasteiger partial charge on any atom is -0.497 e. The van der Waals surface area contributed by atoms with Crippen LogP contribution in [0, 0.1) is 0 Å². The molecule has 0 aliphatic rings. The molecule has 7 nitrogen and oxygen atoms in total. The molecule has 7 heteroatoms. The van der Waals surface area contributed by atoms with Crippen LogP contribution in [0.1, 0.15) is 15.9 Å². The number of primary amides is 1. The Morgan fingerprint density at radius 3 is 2.59 bits per heavy atom. The number of benzene rings is 3. The first-order chi connectivity index (χ1) is 15.5. The molecule has 1 heterocycles. The number of aromatic nitrogens is 2. The summed E-state index contributed by atoms with van der Waals surface area (Å²) in [6.07, 6.45) is 2.12. The van der Waals surface area contributed by atoms with E-state index in [9.17, 15) is 9.59 Å². The van der Waals surface area contributed by atoms with Crippen molar-refractivity contribution in [2.24, 2.45) is 5.73 Å². The Bertz CT molecular complexity index is 1360. The van der Waals surface area contributed by atoms with E-state index in [1.807, 2.05) is 36.4 Å². The zero-order chi connectivity index (χ0) is 22.7. The lowest BCUT2D eigenvalue weighted by molar-refractivity contribution is 0.100. The Morgan fingerprint density at radius 2 is 1.84 bits per heavy atom. The Kier molecular flexibility index (Phi) is 5.89. The number of nitrogens with two attached hydrogens (primary N) is 1. The molecule has 0 spiro atoms. The smallest absolute Gasteiger partial charge is 0.261 e. The van der Waals surface area contributed by atoms with Crippen molar-refractivity contribution in [2.45, 2.75) is 13.0 Å². The average Bonchev–Trinajstić information content (AvgIpc) is 2.83. The van der Waals surface area contributed by atoms with Crippen molar-refractivity contribution in [2.75, 3.05) is 14.2 Å². The van der Waals surface area contributed by atoms with Crippen molar-refractivity contribution >= 4 is 16.8 Å². The SMILES string of the molecule is COc1ccc(OC)c(CCn2cnc3ccc(-c4ccccc4C(N)=O)cc3c2=O)c1. The highest BCUT2D eigenvalue weighted by atomic mass is 16.5. The summed E-state index contributed by atoms with van der Waals surface area (Å²) in [5.74, 6) is 0.942. The number of methoxy groups -OCH3 is 2. The van der Waals surface area contributed by atoms with E-state index in [1.165, 1.54) is 0 Å². The lowest BCUT2D eigenvalue weighted by Crippen LogP contribution is -2.21. The fourth-order valence-corrected chi connectivity index (χ4v) is 3.75. The Balaban J connectivity index is 1.70. The quantitative estimate of drug-likeness (QED) is 0.486. The van der Waals surface area contributed by atoms with Crippen molar-refractivity contribution < 1.29 is 14.3 Å². The van der Waals surface area contributed by atoms with Crippen LogP contribution in [0.25, 0.3) is 22.0 Å². The van der Waals surface area contributed by atoms with E-state index >= 15 is 0 Å². The van der Waals surface area contributed by atoms with Gasteiger partial charge in [-0.25, -0.2) is 4.98 Å². The molecule has 0 unspecified atom stereocenters. The van der Waals surface area contributed by atoms with Gasteiger partial charge in [0.05, 0.1) is 31.4 Å². The second-order valence-electron chi connectivity index (χ2n) is 7.31. The maximum atomic E-state index is 13.2. The van der Waals surface area contributed by atoms with E-state index < -0.39 is 5.91 Å². The number of hydrogen-bond donors (Lipinski definition) is 1. The molecule has 3 aromatic carbocycles. The third-order valence-corrected chi connectivity index (χ3v) is 5.44. The first kappa shape index (κ1) is 21.1. The normalized spacial score (nSPS) is 10.8. The molecule has 2 N–H and O–H groups in total. The van der Waals surface area contributed by atoms with E-state index in [0.29, 0.717) is 35.0 Å². The zero-order valence-electron chi connectivity index (χ0n) is 17.9. The van der Waals surface area contributed by atoms with Gasteiger partial charge in [-0.15, -0.1) is 0 Å². The minimum atomic E-state index is -0.517. The van der Waals surface area contributed by atoms with E-state index in [1.54, 1.807) is 49.4 Å². The lowest BCUT2D eigenvalue weighted by Gasteiger charge is -2.12. The monoisotopic (exact) mass is 429 g/mol. The van der Waals surface area contributed by atoms with Gasteiger partial charge in [-0.2, -0.15) is 0 Å². The highest BCUT2D eigenvalue weighted by molar-refractivity contribution is 6.00. The largest absolute Gasteiger partial charge is 0.497 e. The summed E-state index contributed by atoms with van der Waals surface area (Å²) in [4.78, 5) is 29.5. The van der Waals surface area contributed by atoms with Crippen LogP contribution in [0.5, 0.6) is 11.5 Å². The summed E-state index contributed by atoms with van der Waals surface area (Å²) in [5, 5.41) is 0.474. The molecule has 4 aromatic rings. The number of fused-ring (bicyclic) bond motifs is 1. The van der Waals surface area contributed by atoms with E-state index in [4.69, 9.17) is 15.2 Å². The third kappa shape index (κ3) is 4.05. The van der Waals surface area contributed by atoms with Gasteiger partial charge in [-0.1, -0.05) is 24.3 Å². The van der Waals surface area contributed by atoms with Crippen LogP contribution in [-0.2, 0) is 13.0 Å². The molecule has 0 saturated carbocycles. The first-order valence-electron chi connectivity index (χ1n) is 10.1. The predicted octanol–water partition coefficient (Wildman–Crippen LogP) is 3.42. The van der Waals surface area contributed by atoms with Crippen LogP contribution in [0.2, 0.25) is 0 Å². The summed E-state index contributed by atoms with van der Waals surface area (Å²) in [6, 6.07) is 18.0. The first-order valence-corrected chi connectivity index (χ1v) is 10.1. The molecule has 1 aromatic heterocycles. The minimum absolute atomic E-state index is 0.157. The fraction of sp³-hybridized carbons (Fsp3) is 0.160. The number of ether oxygens (including phenoxy) is 2. The van der Waals surface area contributed by atoms with Gasteiger partial charge in [-0.3, -0.25) is 14.2 Å². The fourth-order valence-electron chi connectivity index (χ4n) is 3.75. The summed E-state index contributed by atoms with van der Waals surface area (Å²) < 4.78 is 12.3. The number of carbonyl (C=O) groups excluding carboxylic acids is 1. The maximum absolute atomic E-state index is 13.2. The molecule has 162 valence electrons. The summed E-state index contributed by atoms with van der Waals surface area (Å²) in [5.41, 5.74) is 8.70. The number of hydrogen-bond acceptors (Lipinski definition) is 5. The van der Waals surface area contributed by atoms with Crippen LogP contribution in [-0.4, -0.2) is 29.7 Å². The molecule has 0 saturated heterocycles. The van der Waals surface area contributed by atoms with Crippen molar-refractivity contribution in [1.29, 1.82) is 0 Å². The molecule has 1 amide bonds. The number of carbonyl (C=O) groups is 1. The second-order valence-corrected chi connectivity index (χ2v) is 7.31. The van der Waals surface area contributed by atoms with E-state index in [2.05, 4.69) is 4.98 Å². The van der Waals surface area contributed by atoms with Crippen molar-refractivity contribution in [3.8, 4) is 22.6 Å². The van der Waals surface area contributed by atoms with Gasteiger partial charge in [0.25, 0.3) is 5.56 Å². The van der Waals surface area contributed by atoms with Crippen LogP contribution < -0.4 is 20.8 Å². The Labute approximate surface area is 185 Å². The van der Waals surface area contributed by atoms with Gasteiger partial charge < -0.3 is 15.2 Å². The molecule has 0 bridgehead atoms. The molecule has 0 radical (unpaired) electrons. The summed E-state index contributed by atoms with van der Waals surface area (Å²) in [7, 11) is 3.22. The van der Waals surface area contributed by atoms with Crippen LogP contribution in [0.4, 0.5) is 0 Å². The molecule has 0 atom stereocenters. The molecule has 0 aliphatic carbocycles. The second kappa shape index (κ2) is 8.93. The van der Waals surface area contributed by atoms with Gasteiger partial charge in [-0.05, 0) is 59.5 Å². The standard InChI is InChI=1S/C25H23N3O4/c1-31-18-8-10-23(32-2)17(13-18)11-12-28-15-27-22-9-7-16(14-21(22)25(28)30)19-5-3-4-6-20(19)24(26)29/h3-10,13-15H,11-12H2,1-2H3,(H2,26,29). The van der Waals surface area contributed by atoms with Crippen LogP contribution in [0.15, 0.2) is 71.8 Å². The Hall–Kier alpha value is -4.13. The molecular weight excluding hydrogens is 406 g/mol. The van der Waals surface area contributed by atoms with Gasteiger partial charge in [0.15, 0.2) is 0 Å². The van der Waals surface area contributed by atoms with Crippen molar-refractivity contribution in [1.82, 2.24) is 9.55 Å². The Morgan fingerprint density at radius 1 is 1.03 bits per heavy atom. The third-order valence-electron chi connectivity index (χ3n) is 5.44. The highest BCUT2D eigenvalue weighted by Gasteiger charge is 2.12. The molecular formula is C25H23N3O4. The van der Waals surface area contributed by atoms with E-state index in [0.717, 1.165) is 22.6 Å². The van der Waals surface area contributed by atoms with Gasteiger partial charge in [0.2, 0.25) is 5.91 Å². The summed E-state index contributed by atoms with van der Waals surface area (Å²) >= 11 is 0. The molecule has 0 aliphatic heterocycles. The maximum Gasteiger partial charge on any atom is 0.261 e. The van der Waals surface area contributed by atoms with Gasteiger partial charge in [0, 0.05) is 12.1 Å². The molecule has 4 rings (SSSR count). The zero-order valence-corrected chi connectivity index (χ0v) is 17.9. The summed E-state index contributed by atoms with van der Waals surface area (Å²) in [6.45, 7) is 0.424. The number of rotatable bonds is 7. The topological polar surface area (TPSA) is 96.4 Å².